The molecule has 0 aliphatic carbocycles. The molecule has 19 heavy (non-hydrogen) atoms. The van der Waals surface area contributed by atoms with Crippen molar-refractivity contribution in [3.63, 3.8) is 0 Å². The Hall–Kier alpha value is -1.58. The number of rotatable bonds is 2. The number of hydrogen-bond acceptors (Lipinski definition) is 1. The van der Waals surface area contributed by atoms with Gasteiger partial charge >= 0.3 is 0 Å². The molecule has 1 N–H and O–H groups in total. The van der Waals surface area contributed by atoms with Crippen LogP contribution in [0, 0.1) is 0 Å². The molecular weight excluding hydrogens is 324 g/mol. The first kappa shape index (κ1) is 12.5. The summed E-state index contributed by atoms with van der Waals surface area (Å²) in [5.41, 5.74) is 3.13. The topological polar surface area (TPSA) is 28.7 Å². The summed E-state index contributed by atoms with van der Waals surface area (Å²) in [7, 11) is 0. The van der Waals surface area contributed by atoms with Crippen LogP contribution in [0.2, 0.25) is 5.02 Å². The van der Waals surface area contributed by atoms with Crippen LogP contribution in [0.25, 0.3) is 22.6 Å². The van der Waals surface area contributed by atoms with E-state index in [0.717, 1.165) is 32.1 Å². The van der Waals surface area contributed by atoms with Gasteiger partial charge in [0.2, 0.25) is 0 Å². The van der Waals surface area contributed by atoms with Crippen molar-refractivity contribution in [2.75, 3.05) is 0 Å². The lowest BCUT2D eigenvalue weighted by Gasteiger charge is -1.99. The Kier molecular flexibility index (Phi) is 3.40. The number of hydrogen-bond donors (Lipinski definition) is 1. The highest BCUT2D eigenvalue weighted by Crippen LogP contribution is 2.24. The molecule has 2 aromatic carbocycles. The summed E-state index contributed by atoms with van der Waals surface area (Å²) in [5, 5.41) is 0.725. The fraction of sp³-hybridized carbons (Fsp3) is 0. The maximum absolute atomic E-state index is 5.88. The number of H-pyrrole nitrogens is 1. The Labute approximate surface area is 124 Å². The molecule has 1 aromatic heterocycles. The predicted octanol–water partition coefficient (Wildman–Crippen LogP) is 5.16. The number of nitrogens with one attached hydrogen (secondary N) is 1. The van der Waals surface area contributed by atoms with Crippen molar-refractivity contribution in [2.24, 2.45) is 0 Å². The summed E-state index contributed by atoms with van der Waals surface area (Å²) < 4.78 is 1.06. The van der Waals surface area contributed by atoms with Gasteiger partial charge in [-0.2, -0.15) is 0 Å². The molecule has 0 aliphatic heterocycles. The molecule has 0 atom stereocenters. The van der Waals surface area contributed by atoms with Gasteiger partial charge in [-0.15, -0.1) is 0 Å². The molecule has 0 saturated carbocycles. The quantitative estimate of drug-likeness (QED) is 0.689. The average Bonchev–Trinajstić information content (AvgIpc) is 2.90. The van der Waals surface area contributed by atoms with Gasteiger partial charge in [-0.3, -0.25) is 0 Å². The molecule has 0 saturated heterocycles. The maximum atomic E-state index is 5.88. The SMILES string of the molecule is Clc1ccc(-c2ncc(-c3ccc(Br)cc3)[nH]2)cc1. The van der Waals surface area contributed by atoms with Crippen LogP contribution in [-0.2, 0) is 0 Å². The average molecular weight is 334 g/mol. The third-order valence-corrected chi connectivity index (χ3v) is 3.63. The second-order valence-corrected chi connectivity index (χ2v) is 5.51. The number of benzene rings is 2. The van der Waals surface area contributed by atoms with Crippen LogP contribution in [0.4, 0.5) is 0 Å². The Balaban J connectivity index is 1.95. The second-order valence-electron chi connectivity index (χ2n) is 4.16. The van der Waals surface area contributed by atoms with E-state index in [1.165, 1.54) is 0 Å². The van der Waals surface area contributed by atoms with Crippen LogP contribution in [-0.4, -0.2) is 9.97 Å². The zero-order chi connectivity index (χ0) is 13.2. The Bertz CT molecular complexity index is 627. The van der Waals surface area contributed by atoms with Gasteiger partial charge in [-0.1, -0.05) is 39.7 Å². The van der Waals surface area contributed by atoms with E-state index >= 15 is 0 Å². The van der Waals surface area contributed by atoms with Crippen LogP contribution < -0.4 is 0 Å². The molecule has 0 unspecified atom stereocenters. The van der Waals surface area contributed by atoms with Gasteiger partial charge in [-0.25, -0.2) is 4.98 Å². The number of nitrogens with zero attached hydrogens (tertiary/aromatic N) is 1. The molecular formula is C15H10BrClN2. The maximum Gasteiger partial charge on any atom is 0.137 e. The van der Waals surface area contributed by atoms with Gasteiger partial charge in [0.15, 0.2) is 0 Å². The Morgan fingerprint density at radius 1 is 0.895 bits per heavy atom. The minimum atomic E-state index is 0.725. The Morgan fingerprint density at radius 2 is 1.53 bits per heavy atom. The molecule has 3 aromatic rings. The first-order valence-corrected chi connectivity index (χ1v) is 6.96. The fourth-order valence-corrected chi connectivity index (χ4v) is 2.24. The third kappa shape index (κ3) is 2.72. The molecule has 1 heterocycles. The van der Waals surface area contributed by atoms with E-state index in [-0.39, 0.29) is 0 Å². The van der Waals surface area contributed by atoms with Crippen molar-refractivity contribution < 1.29 is 0 Å². The smallest absolute Gasteiger partial charge is 0.137 e. The van der Waals surface area contributed by atoms with E-state index in [1.807, 2.05) is 54.7 Å². The minimum absolute atomic E-state index is 0.725. The van der Waals surface area contributed by atoms with Crippen molar-refractivity contribution in [3.05, 3.63) is 64.2 Å². The summed E-state index contributed by atoms with van der Waals surface area (Å²) in [6.45, 7) is 0. The van der Waals surface area contributed by atoms with Crippen molar-refractivity contribution in [1.82, 2.24) is 9.97 Å². The zero-order valence-electron chi connectivity index (χ0n) is 9.90. The highest BCUT2D eigenvalue weighted by atomic mass is 79.9. The van der Waals surface area contributed by atoms with E-state index in [2.05, 4.69) is 25.9 Å². The molecule has 0 aliphatic rings. The largest absolute Gasteiger partial charge is 0.338 e. The molecule has 0 spiro atoms. The summed E-state index contributed by atoms with van der Waals surface area (Å²) in [6.07, 6.45) is 1.84. The van der Waals surface area contributed by atoms with E-state index in [9.17, 15) is 0 Å². The van der Waals surface area contributed by atoms with Crippen LogP contribution in [0.15, 0.2) is 59.2 Å². The Morgan fingerprint density at radius 3 is 2.21 bits per heavy atom. The van der Waals surface area contributed by atoms with Gasteiger partial charge < -0.3 is 4.98 Å². The molecule has 0 fully saturated rings. The third-order valence-electron chi connectivity index (χ3n) is 2.85. The highest BCUT2D eigenvalue weighted by Gasteiger charge is 2.05. The molecule has 4 heteroatoms. The highest BCUT2D eigenvalue weighted by molar-refractivity contribution is 9.10. The molecule has 0 radical (unpaired) electrons. The molecule has 2 nitrogen and oxygen atoms in total. The lowest BCUT2D eigenvalue weighted by Crippen LogP contribution is -1.80. The first-order chi connectivity index (χ1) is 9.22. The zero-order valence-corrected chi connectivity index (χ0v) is 12.2. The number of aromatic amines is 1. The van der Waals surface area contributed by atoms with Crippen molar-refractivity contribution in [1.29, 1.82) is 0 Å². The van der Waals surface area contributed by atoms with Gasteiger partial charge in [0.25, 0.3) is 0 Å². The van der Waals surface area contributed by atoms with E-state index in [1.54, 1.807) is 0 Å². The molecule has 3 rings (SSSR count). The summed E-state index contributed by atoms with van der Waals surface area (Å²) in [4.78, 5) is 7.72. The standard InChI is InChI=1S/C15H10BrClN2/c16-12-5-1-10(2-6-12)14-9-18-15(19-14)11-3-7-13(17)8-4-11/h1-9H,(H,18,19). The molecule has 0 bridgehead atoms. The van der Waals surface area contributed by atoms with E-state index in [4.69, 9.17) is 11.6 Å². The van der Waals surface area contributed by atoms with Gasteiger partial charge in [-0.05, 0) is 42.0 Å². The lowest BCUT2D eigenvalue weighted by molar-refractivity contribution is 1.31. The van der Waals surface area contributed by atoms with Gasteiger partial charge in [0.05, 0.1) is 11.9 Å². The van der Waals surface area contributed by atoms with Gasteiger partial charge in [0, 0.05) is 15.1 Å². The van der Waals surface area contributed by atoms with Crippen LogP contribution in [0.1, 0.15) is 0 Å². The number of imidazole rings is 1. The van der Waals surface area contributed by atoms with Crippen LogP contribution in [0.3, 0.4) is 0 Å². The van der Waals surface area contributed by atoms with Crippen molar-refractivity contribution in [2.45, 2.75) is 0 Å². The van der Waals surface area contributed by atoms with Gasteiger partial charge in [0.1, 0.15) is 5.82 Å². The summed E-state index contributed by atoms with van der Waals surface area (Å²) in [6, 6.07) is 15.7. The fourth-order valence-electron chi connectivity index (χ4n) is 1.85. The normalized spacial score (nSPS) is 10.6. The second kappa shape index (κ2) is 5.19. The summed E-state index contributed by atoms with van der Waals surface area (Å²) >= 11 is 9.31. The number of aromatic nitrogens is 2. The molecule has 0 amide bonds. The van der Waals surface area contributed by atoms with Crippen molar-refractivity contribution >= 4 is 27.5 Å². The lowest BCUT2D eigenvalue weighted by atomic mass is 10.2. The predicted molar refractivity (Wildman–Crippen MR) is 82.2 cm³/mol. The summed E-state index contributed by atoms with van der Waals surface area (Å²) in [5.74, 6) is 0.842. The van der Waals surface area contributed by atoms with E-state index in [0.29, 0.717) is 0 Å². The first-order valence-electron chi connectivity index (χ1n) is 5.79. The number of halogens is 2. The minimum Gasteiger partial charge on any atom is -0.338 e. The van der Waals surface area contributed by atoms with Crippen LogP contribution >= 0.6 is 27.5 Å². The van der Waals surface area contributed by atoms with E-state index < -0.39 is 0 Å². The van der Waals surface area contributed by atoms with Crippen LogP contribution in [0.5, 0.6) is 0 Å². The van der Waals surface area contributed by atoms with Crippen molar-refractivity contribution in [3.8, 4) is 22.6 Å². The molecule has 94 valence electrons. The monoisotopic (exact) mass is 332 g/mol.